The minimum atomic E-state index is -0.0906. The Morgan fingerprint density at radius 1 is 0.647 bits per heavy atom. The summed E-state index contributed by atoms with van der Waals surface area (Å²) in [4.78, 5) is 23.1. The van der Waals surface area contributed by atoms with Gasteiger partial charge >= 0.3 is 11.9 Å². The minimum absolute atomic E-state index is 0.0906. The van der Waals surface area contributed by atoms with Crippen molar-refractivity contribution in [2.45, 2.75) is 116 Å². The van der Waals surface area contributed by atoms with E-state index in [1.165, 1.54) is 36.8 Å². The Balaban J connectivity index is 1.34. The number of rotatable bonds is 21. The zero-order chi connectivity index (χ0) is 24.4. The molecule has 0 aromatic heterocycles. The molecule has 0 amide bonds. The number of hydrogen-bond acceptors (Lipinski definition) is 6. The van der Waals surface area contributed by atoms with Crippen molar-refractivity contribution < 1.29 is 28.5 Å². The van der Waals surface area contributed by atoms with Crippen molar-refractivity contribution in [3.8, 4) is 0 Å². The van der Waals surface area contributed by atoms with Gasteiger partial charge < -0.3 is 18.9 Å². The van der Waals surface area contributed by atoms with Crippen LogP contribution in [0.25, 0.3) is 0 Å². The summed E-state index contributed by atoms with van der Waals surface area (Å²) < 4.78 is 20.4. The van der Waals surface area contributed by atoms with Gasteiger partial charge in [0.05, 0.1) is 13.2 Å². The monoisotopic (exact) mass is 478 g/mol. The predicted molar refractivity (Wildman–Crippen MR) is 134 cm³/mol. The second-order valence-corrected chi connectivity index (χ2v) is 9.78. The number of ether oxygens (including phenoxy) is 4. The van der Waals surface area contributed by atoms with Crippen LogP contribution < -0.4 is 0 Å². The molecule has 2 heterocycles. The third-order valence-electron chi connectivity index (χ3n) is 6.22. The van der Waals surface area contributed by atoms with Crippen LogP contribution in [0.1, 0.15) is 104 Å². The summed E-state index contributed by atoms with van der Waals surface area (Å²) in [5, 5.41) is 0. The maximum atomic E-state index is 11.6. The molecule has 0 N–H and O–H groups in total. The molecule has 0 aliphatic carbocycles. The highest BCUT2D eigenvalue weighted by atomic mass is 16.6. The second-order valence-electron chi connectivity index (χ2n) is 9.78. The molecular weight excluding hydrogens is 432 g/mol. The molecular formula is C28H46O6. The lowest BCUT2D eigenvalue weighted by Crippen LogP contribution is -2.09. The first-order chi connectivity index (χ1) is 16.5. The largest absolute Gasteiger partial charge is 0.463 e. The first-order valence-corrected chi connectivity index (χ1v) is 13.4. The summed E-state index contributed by atoms with van der Waals surface area (Å²) in [6, 6.07) is 0. The molecule has 6 heteroatoms. The molecule has 194 valence electrons. The van der Waals surface area contributed by atoms with Gasteiger partial charge in [-0.1, -0.05) is 49.0 Å². The number of carbonyl (C=O) groups excluding carboxylic acids is 2. The summed E-state index contributed by atoms with van der Waals surface area (Å²) in [6.07, 6.45) is 19.3. The Morgan fingerprint density at radius 2 is 1.00 bits per heavy atom. The van der Waals surface area contributed by atoms with E-state index in [9.17, 15) is 9.59 Å². The van der Waals surface area contributed by atoms with E-state index >= 15 is 0 Å². The first-order valence-electron chi connectivity index (χ1n) is 13.4. The normalized spacial score (nSPS) is 19.7. The van der Waals surface area contributed by atoms with Gasteiger partial charge in [0.25, 0.3) is 0 Å². The van der Waals surface area contributed by atoms with Crippen molar-refractivity contribution in [1.82, 2.24) is 0 Å². The van der Waals surface area contributed by atoms with Gasteiger partial charge in [-0.05, 0) is 65.2 Å². The summed E-state index contributed by atoms with van der Waals surface area (Å²) in [6.45, 7) is 6.76. The Bertz CT molecular complexity index is 589. The van der Waals surface area contributed by atoms with Crippen LogP contribution in [0, 0.1) is 0 Å². The molecule has 0 aromatic carbocycles. The highest BCUT2D eigenvalue weighted by Gasteiger charge is 2.24. The van der Waals surface area contributed by atoms with Gasteiger partial charge in [0.2, 0.25) is 0 Å². The third kappa shape index (κ3) is 16.9. The molecule has 2 rings (SSSR count). The molecule has 2 aliphatic heterocycles. The Morgan fingerprint density at radius 3 is 1.35 bits per heavy atom. The topological polar surface area (TPSA) is 77.7 Å². The number of esters is 2. The fourth-order valence-electron chi connectivity index (χ4n) is 3.76. The highest BCUT2D eigenvalue weighted by Crippen LogP contribution is 2.15. The lowest BCUT2D eigenvalue weighted by Gasteiger charge is -2.04. The van der Waals surface area contributed by atoms with Crippen molar-refractivity contribution >= 4 is 11.9 Å². The lowest BCUT2D eigenvalue weighted by atomic mass is 10.0. The second kappa shape index (κ2) is 17.7. The quantitative estimate of drug-likeness (QED) is 0.0843. The van der Waals surface area contributed by atoms with Gasteiger partial charge in [0.1, 0.15) is 25.4 Å². The number of carbonyl (C=O) groups is 2. The van der Waals surface area contributed by atoms with Crippen molar-refractivity contribution in [3.63, 3.8) is 0 Å². The van der Waals surface area contributed by atoms with Gasteiger partial charge in [0, 0.05) is 12.8 Å². The summed E-state index contributed by atoms with van der Waals surface area (Å²) in [5.41, 5.74) is 2.94. The third-order valence-corrected chi connectivity index (χ3v) is 6.22. The lowest BCUT2D eigenvalue weighted by molar-refractivity contribution is -0.145. The van der Waals surface area contributed by atoms with Crippen LogP contribution in [-0.4, -0.2) is 50.6 Å². The van der Waals surface area contributed by atoms with E-state index in [1.807, 2.05) is 0 Å². The van der Waals surface area contributed by atoms with E-state index < -0.39 is 0 Å². The van der Waals surface area contributed by atoms with Crippen LogP contribution in [0.3, 0.4) is 0 Å². The van der Waals surface area contributed by atoms with Crippen molar-refractivity contribution in [3.05, 3.63) is 23.3 Å². The maximum Gasteiger partial charge on any atom is 0.305 e. The molecule has 2 saturated heterocycles. The van der Waals surface area contributed by atoms with E-state index in [2.05, 4.69) is 26.0 Å². The molecule has 0 radical (unpaired) electrons. The standard InChI is InChI=1S/C28H46O6/c1-23(13-7-3-5-9-17-27(29)33-21-25-19-31-25)15-11-12-16-24(2)14-8-4-6-10-18-28(30)34-22-26-20-32-26/h15-16,25-26H,3-14,17-22H2,1-2H3. The van der Waals surface area contributed by atoms with Crippen LogP contribution in [0.15, 0.2) is 23.3 Å². The number of unbranched alkanes of at least 4 members (excludes halogenated alkanes) is 7. The Hall–Kier alpha value is -1.66. The Labute approximate surface area is 206 Å². The van der Waals surface area contributed by atoms with E-state index in [1.54, 1.807) is 0 Å². The molecule has 0 bridgehead atoms. The molecule has 0 spiro atoms. The Kier molecular flexibility index (Phi) is 14.9. The smallest absolute Gasteiger partial charge is 0.305 e. The minimum Gasteiger partial charge on any atom is -0.463 e. The molecule has 2 fully saturated rings. The summed E-state index contributed by atoms with van der Waals surface area (Å²) in [7, 11) is 0. The highest BCUT2D eigenvalue weighted by molar-refractivity contribution is 5.69. The molecule has 0 aromatic rings. The molecule has 2 unspecified atom stereocenters. The predicted octanol–water partition coefficient (Wildman–Crippen LogP) is 6.22. The van der Waals surface area contributed by atoms with Crippen LogP contribution >= 0.6 is 0 Å². The number of hydrogen-bond donors (Lipinski definition) is 0. The average Bonchev–Trinajstić information content (AvgIpc) is 3.73. The zero-order valence-electron chi connectivity index (χ0n) is 21.5. The van der Waals surface area contributed by atoms with Gasteiger partial charge in [0.15, 0.2) is 0 Å². The van der Waals surface area contributed by atoms with Crippen LogP contribution in [0.2, 0.25) is 0 Å². The van der Waals surface area contributed by atoms with E-state index in [0.717, 1.165) is 64.6 Å². The van der Waals surface area contributed by atoms with Crippen molar-refractivity contribution in [2.75, 3.05) is 26.4 Å². The SMILES string of the molecule is CC(=CCCC=C(C)CCCCCCC(=O)OCC1CO1)CCCCCCC(=O)OCC1CO1. The zero-order valence-corrected chi connectivity index (χ0v) is 21.5. The fourth-order valence-corrected chi connectivity index (χ4v) is 3.76. The van der Waals surface area contributed by atoms with Gasteiger partial charge in [-0.25, -0.2) is 0 Å². The first kappa shape index (κ1) is 28.6. The molecule has 6 nitrogen and oxygen atoms in total. The molecule has 2 aliphatic rings. The van der Waals surface area contributed by atoms with Gasteiger partial charge in [-0.2, -0.15) is 0 Å². The van der Waals surface area contributed by atoms with Crippen molar-refractivity contribution in [2.24, 2.45) is 0 Å². The van der Waals surface area contributed by atoms with Crippen LogP contribution in [-0.2, 0) is 28.5 Å². The summed E-state index contributed by atoms with van der Waals surface area (Å²) >= 11 is 0. The fraction of sp³-hybridized carbons (Fsp3) is 0.786. The van der Waals surface area contributed by atoms with Crippen LogP contribution in [0.5, 0.6) is 0 Å². The molecule has 2 atom stereocenters. The molecule has 34 heavy (non-hydrogen) atoms. The number of epoxide rings is 2. The van der Waals surface area contributed by atoms with Crippen molar-refractivity contribution in [1.29, 1.82) is 0 Å². The van der Waals surface area contributed by atoms with E-state index in [4.69, 9.17) is 18.9 Å². The van der Waals surface area contributed by atoms with Crippen LogP contribution in [0.4, 0.5) is 0 Å². The number of allylic oxidation sites excluding steroid dienone is 4. The van der Waals surface area contributed by atoms with Gasteiger partial charge in [-0.3, -0.25) is 9.59 Å². The summed E-state index contributed by atoms with van der Waals surface area (Å²) in [5.74, 6) is -0.181. The average molecular weight is 479 g/mol. The maximum absolute atomic E-state index is 11.6. The van der Waals surface area contributed by atoms with E-state index in [-0.39, 0.29) is 24.1 Å². The molecule has 0 saturated carbocycles. The van der Waals surface area contributed by atoms with E-state index in [0.29, 0.717) is 26.1 Å². The van der Waals surface area contributed by atoms with Gasteiger partial charge in [-0.15, -0.1) is 0 Å².